The molecule has 3 atom stereocenters. The van der Waals surface area contributed by atoms with Crippen LogP contribution in [0.25, 0.3) is 0 Å². The number of carbonyl (C=O) groups excluding carboxylic acids is 1. The van der Waals surface area contributed by atoms with E-state index in [-0.39, 0.29) is 12.2 Å². The lowest BCUT2D eigenvalue weighted by atomic mass is 9.88. The van der Waals surface area contributed by atoms with Gasteiger partial charge in [0.25, 0.3) is 0 Å². The molecule has 0 aromatic carbocycles. The molecule has 0 bridgehead atoms. The number of hydrogen-bond acceptors (Lipinski definition) is 3. The number of aliphatic hydroxyl groups excluding tert-OH is 1. The van der Waals surface area contributed by atoms with Crippen LogP contribution < -0.4 is 0 Å². The molecule has 98 valence electrons. The van der Waals surface area contributed by atoms with Gasteiger partial charge in [-0.05, 0) is 51.9 Å². The largest absolute Gasteiger partial charge is 0.444 e. The number of rotatable bonds is 0. The summed E-state index contributed by atoms with van der Waals surface area (Å²) in [5, 5.41) is 9.80. The molecule has 3 unspecified atom stereocenters. The lowest BCUT2D eigenvalue weighted by Gasteiger charge is -2.36. The molecule has 4 heteroatoms. The summed E-state index contributed by atoms with van der Waals surface area (Å²) in [4.78, 5) is 13.7. The van der Waals surface area contributed by atoms with Crippen LogP contribution in [0.15, 0.2) is 0 Å². The average molecular weight is 241 g/mol. The highest BCUT2D eigenvalue weighted by molar-refractivity contribution is 5.68. The van der Waals surface area contributed by atoms with Gasteiger partial charge >= 0.3 is 6.09 Å². The van der Waals surface area contributed by atoms with Gasteiger partial charge in [-0.15, -0.1) is 0 Å². The van der Waals surface area contributed by atoms with Crippen molar-refractivity contribution in [2.45, 2.75) is 51.7 Å². The number of aliphatic hydroxyl groups is 1. The summed E-state index contributed by atoms with van der Waals surface area (Å²) in [6.07, 6.45) is 2.46. The van der Waals surface area contributed by atoms with E-state index < -0.39 is 5.60 Å². The summed E-state index contributed by atoms with van der Waals surface area (Å²) < 4.78 is 5.38. The predicted octanol–water partition coefficient (Wildman–Crippen LogP) is 2.01. The molecular formula is C13H23NO3. The minimum Gasteiger partial charge on any atom is -0.444 e. The fourth-order valence-corrected chi connectivity index (χ4v) is 2.95. The summed E-state index contributed by atoms with van der Waals surface area (Å²) in [5.41, 5.74) is -0.427. The quantitative estimate of drug-likeness (QED) is 0.706. The van der Waals surface area contributed by atoms with Crippen LogP contribution in [0.1, 0.15) is 40.0 Å². The van der Waals surface area contributed by atoms with Crippen molar-refractivity contribution in [3.63, 3.8) is 0 Å². The number of nitrogens with zero attached hydrogens (tertiary/aromatic N) is 1. The second-order valence-corrected chi connectivity index (χ2v) is 6.28. The van der Waals surface area contributed by atoms with Crippen LogP contribution in [0.4, 0.5) is 4.79 Å². The van der Waals surface area contributed by atoms with Crippen LogP contribution in [0, 0.1) is 11.8 Å². The van der Waals surface area contributed by atoms with Crippen molar-refractivity contribution in [1.82, 2.24) is 4.90 Å². The number of carbonyl (C=O) groups is 1. The topological polar surface area (TPSA) is 49.8 Å². The fourth-order valence-electron chi connectivity index (χ4n) is 2.95. The van der Waals surface area contributed by atoms with Gasteiger partial charge in [-0.2, -0.15) is 0 Å². The third kappa shape index (κ3) is 2.92. The third-order valence-corrected chi connectivity index (χ3v) is 3.77. The zero-order valence-corrected chi connectivity index (χ0v) is 11.0. The molecule has 1 saturated carbocycles. The molecule has 4 nitrogen and oxygen atoms in total. The first kappa shape index (κ1) is 12.7. The van der Waals surface area contributed by atoms with Gasteiger partial charge in [0.05, 0.1) is 6.10 Å². The molecule has 2 fully saturated rings. The van der Waals surface area contributed by atoms with Crippen LogP contribution in [-0.2, 0) is 4.74 Å². The van der Waals surface area contributed by atoms with Crippen molar-refractivity contribution in [2.75, 3.05) is 13.1 Å². The second kappa shape index (κ2) is 4.48. The molecule has 1 amide bonds. The minimum absolute atomic E-state index is 0.152. The van der Waals surface area contributed by atoms with Crippen LogP contribution >= 0.6 is 0 Å². The van der Waals surface area contributed by atoms with Crippen LogP contribution in [0.3, 0.4) is 0 Å². The van der Waals surface area contributed by atoms with E-state index in [1.807, 2.05) is 20.8 Å². The van der Waals surface area contributed by atoms with Gasteiger partial charge < -0.3 is 14.7 Å². The molecule has 1 aliphatic carbocycles. The normalized spacial score (nSPS) is 33.4. The van der Waals surface area contributed by atoms with E-state index in [0.29, 0.717) is 18.4 Å². The number of likely N-dealkylation sites (tertiary alicyclic amines) is 1. The molecule has 2 rings (SSSR count). The zero-order chi connectivity index (χ0) is 12.6. The van der Waals surface area contributed by atoms with Gasteiger partial charge in [-0.1, -0.05) is 0 Å². The van der Waals surface area contributed by atoms with Gasteiger partial charge in [0.15, 0.2) is 0 Å². The first-order valence-electron chi connectivity index (χ1n) is 6.53. The Bertz CT molecular complexity index is 298. The number of ether oxygens (including phenoxy) is 1. The maximum atomic E-state index is 11.9. The maximum absolute atomic E-state index is 11.9. The molecule has 1 heterocycles. The number of amides is 1. The SMILES string of the molecule is CC(C)(C)OC(=O)N1CCC2C(O)CCC2C1. The Balaban J connectivity index is 1.91. The first-order valence-corrected chi connectivity index (χ1v) is 6.53. The van der Waals surface area contributed by atoms with Crippen molar-refractivity contribution < 1.29 is 14.6 Å². The van der Waals surface area contributed by atoms with E-state index in [0.717, 1.165) is 25.8 Å². The highest BCUT2D eigenvalue weighted by Gasteiger charge is 2.40. The summed E-state index contributed by atoms with van der Waals surface area (Å²) in [6, 6.07) is 0. The highest BCUT2D eigenvalue weighted by atomic mass is 16.6. The van der Waals surface area contributed by atoms with E-state index in [9.17, 15) is 9.90 Å². The van der Waals surface area contributed by atoms with Gasteiger partial charge in [0, 0.05) is 13.1 Å². The molecular weight excluding hydrogens is 218 g/mol. The van der Waals surface area contributed by atoms with E-state index in [4.69, 9.17) is 4.74 Å². The molecule has 0 aromatic heterocycles. The summed E-state index contributed by atoms with van der Waals surface area (Å²) in [7, 11) is 0. The van der Waals surface area contributed by atoms with Gasteiger partial charge in [-0.3, -0.25) is 0 Å². The van der Waals surface area contributed by atoms with Crippen molar-refractivity contribution in [3.8, 4) is 0 Å². The standard InChI is InChI=1S/C13H23NO3/c1-13(2,3)17-12(16)14-7-6-10-9(8-14)4-5-11(10)15/h9-11,15H,4-8H2,1-3H3. The Morgan fingerprint density at radius 2 is 2.00 bits per heavy atom. The summed E-state index contributed by atoms with van der Waals surface area (Å²) >= 11 is 0. The Hall–Kier alpha value is -0.770. The number of fused-ring (bicyclic) bond motifs is 1. The fraction of sp³-hybridized carbons (Fsp3) is 0.923. The highest BCUT2D eigenvalue weighted by Crippen LogP contribution is 2.38. The van der Waals surface area contributed by atoms with Gasteiger partial charge in [0.2, 0.25) is 0 Å². The molecule has 0 radical (unpaired) electrons. The predicted molar refractivity (Wildman–Crippen MR) is 64.6 cm³/mol. The van der Waals surface area contributed by atoms with Crippen molar-refractivity contribution in [1.29, 1.82) is 0 Å². The molecule has 1 saturated heterocycles. The second-order valence-electron chi connectivity index (χ2n) is 6.28. The van der Waals surface area contributed by atoms with E-state index in [2.05, 4.69) is 0 Å². The van der Waals surface area contributed by atoms with E-state index in [1.165, 1.54) is 0 Å². The van der Waals surface area contributed by atoms with Crippen molar-refractivity contribution in [3.05, 3.63) is 0 Å². The summed E-state index contributed by atoms with van der Waals surface area (Å²) in [6.45, 7) is 7.12. The first-order chi connectivity index (χ1) is 7.87. The smallest absolute Gasteiger partial charge is 0.410 e. The van der Waals surface area contributed by atoms with Crippen LogP contribution in [0.2, 0.25) is 0 Å². The average Bonchev–Trinajstić information content (AvgIpc) is 2.57. The molecule has 0 spiro atoms. The van der Waals surface area contributed by atoms with Crippen molar-refractivity contribution in [2.24, 2.45) is 11.8 Å². The van der Waals surface area contributed by atoms with E-state index in [1.54, 1.807) is 4.90 Å². The lowest BCUT2D eigenvalue weighted by Crippen LogP contribution is -2.45. The Morgan fingerprint density at radius 3 is 2.65 bits per heavy atom. The van der Waals surface area contributed by atoms with Crippen molar-refractivity contribution >= 4 is 6.09 Å². The van der Waals surface area contributed by atoms with Crippen LogP contribution in [0.5, 0.6) is 0 Å². The Kier molecular flexibility index (Phi) is 3.34. The minimum atomic E-state index is -0.427. The van der Waals surface area contributed by atoms with Gasteiger partial charge in [-0.25, -0.2) is 4.79 Å². The zero-order valence-electron chi connectivity index (χ0n) is 11.0. The Morgan fingerprint density at radius 1 is 1.29 bits per heavy atom. The maximum Gasteiger partial charge on any atom is 0.410 e. The Labute approximate surface area is 103 Å². The molecule has 1 aliphatic heterocycles. The molecule has 0 aromatic rings. The van der Waals surface area contributed by atoms with E-state index >= 15 is 0 Å². The molecule has 2 aliphatic rings. The lowest BCUT2D eigenvalue weighted by molar-refractivity contribution is 0.00456. The number of piperidine rings is 1. The molecule has 1 N–H and O–H groups in total. The number of hydrogen-bond donors (Lipinski definition) is 1. The van der Waals surface area contributed by atoms with Crippen LogP contribution in [-0.4, -0.2) is 40.9 Å². The third-order valence-electron chi connectivity index (χ3n) is 3.77. The monoisotopic (exact) mass is 241 g/mol. The molecule has 17 heavy (non-hydrogen) atoms. The summed E-state index contributed by atoms with van der Waals surface area (Å²) in [5.74, 6) is 0.861. The van der Waals surface area contributed by atoms with Gasteiger partial charge in [0.1, 0.15) is 5.60 Å².